The molecule has 0 radical (unpaired) electrons. The maximum Gasteiger partial charge on any atom is 0.333 e. The Balaban J connectivity index is 2.69. The van der Waals surface area contributed by atoms with E-state index in [0.29, 0.717) is 5.57 Å². The Bertz CT molecular complexity index is 368. The normalized spacial score (nSPS) is 11.9. The van der Waals surface area contributed by atoms with E-state index in [1.54, 1.807) is 6.92 Å². The Morgan fingerprint density at radius 2 is 1.93 bits per heavy atom. The third kappa shape index (κ3) is 3.51. The largest absolute Gasteiger partial charge is 0.454 e. The lowest BCUT2D eigenvalue weighted by Crippen LogP contribution is -2.08. The molecule has 0 N–H and O–H groups in total. The van der Waals surface area contributed by atoms with E-state index in [9.17, 15) is 4.79 Å². The predicted octanol–water partition coefficient (Wildman–Crippen LogP) is 3.63. The third-order valence-electron chi connectivity index (χ3n) is 1.97. The zero-order valence-corrected chi connectivity index (χ0v) is 10.4. The van der Waals surface area contributed by atoms with Crippen molar-refractivity contribution in [2.45, 2.75) is 20.0 Å². The Hall–Kier alpha value is -1.09. The minimum atomic E-state index is -0.356. The Morgan fingerprint density at radius 1 is 1.40 bits per heavy atom. The molecule has 0 saturated heterocycles. The SMILES string of the molecule is C=C(C)C(=O)O[C@@H](C)c1ccc(Br)cc1. The zero-order chi connectivity index (χ0) is 11.4. The fourth-order valence-corrected chi connectivity index (χ4v) is 1.33. The minimum Gasteiger partial charge on any atom is -0.454 e. The lowest BCUT2D eigenvalue weighted by molar-refractivity contribution is -0.143. The van der Waals surface area contributed by atoms with Crippen molar-refractivity contribution in [1.82, 2.24) is 0 Å². The van der Waals surface area contributed by atoms with Crippen LogP contribution >= 0.6 is 15.9 Å². The van der Waals surface area contributed by atoms with Crippen LogP contribution in [0, 0.1) is 0 Å². The van der Waals surface area contributed by atoms with Crippen LogP contribution in [-0.2, 0) is 9.53 Å². The number of hydrogen-bond donors (Lipinski definition) is 0. The van der Waals surface area contributed by atoms with Gasteiger partial charge in [-0.1, -0.05) is 34.6 Å². The molecular weight excluding hydrogens is 256 g/mol. The average molecular weight is 269 g/mol. The summed E-state index contributed by atoms with van der Waals surface area (Å²) in [5.41, 5.74) is 1.38. The number of ether oxygens (including phenoxy) is 1. The van der Waals surface area contributed by atoms with Crippen LogP contribution in [0.1, 0.15) is 25.5 Å². The number of carbonyl (C=O) groups is 1. The molecule has 1 aromatic rings. The molecule has 80 valence electrons. The molecule has 0 aliphatic heterocycles. The summed E-state index contributed by atoms with van der Waals surface area (Å²) in [6, 6.07) is 7.67. The topological polar surface area (TPSA) is 26.3 Å². The molecule has 0 spiro atoms. The number of hydrogen-bond acceptors (Lipinski definition) is 2. The molecule has 15 heavy (non-hydrogen) atoms. The van der Waals surface area contributed by atoms with Crippen LogP contribution in [0.25, 0.3) is 0 Å². The van der Waals surface area contributed by atoms with Crippen molar-refractivity contribution in [3.8, 4) is 0 Å². The second kappa shape index (κ2) is 5.12. The molecule has 3 heteroatoms. The Kier molecular flexibility index (Phi) is 4.09. The molecule has 0 heterocycles. The molecule has 0 amide bonds. The van der Waals surface area contributed by atoms with Crippen LogP contribution < -0.4 is 0 Å². The van der Waals surface area contributed by atoms with E-state index in [4.69, 9.17) is 4.74 Å². The van der Waals surface area contributed by atoms with E-state index in [-0.39, 0.29) is 12.1 Å². The average Bonchev–Trinajstić information content (AvgIpc) is 2.18. The smallest absolute Gasteiger partial charge is 0.333 e. The van der Waals surface area contributed by atoms with Gasteiger partial charge in [-0.25, -0.2) is 4.79 Å². The zero-order valence-electron chi connectivity index (χ0n) is 8.79. The predicted molar refractivity (Wildman–Crippen MR) is 63.5 cm³/mol. The first kappa shape index (κ1) is 12.0. The standard InChI is InChI=1S/C12H13BrO2/c1-8(2)12(14)15-9(3)10-4-6-11(13)7-5-10/h4-7,9H,1H2,2-3H3/t9-/m0/s1. The molecule has 0 saturated carbocycles. The molecule has 0 aromatic heterocycles. The van der Waals surface area contributed by atoms with Crippen LogP contribution in [0.2, 0.25) is 0 Å². The molecule has 1 rings (SSSR count). The van der Waals surface area contributed by atoms with Crippen LogP contribution in [0.15, 0.2) is 40.9 Å². The van der Waals surface area contributed by atoms with Gasteiger partial charge in [0.25, 0.3) is 0 Å². The summed E-state index contributed by atoms with van der Waals surface area (Å²) in [5.74, 6) is -0.356. The van der Waals surface area contributed by atoms with E-state index in [0.717, 1.165) is 10.0 Å². The summed E-state index contributed by atoms with van der Waals surface area (Å²) in [6.45, 7) is 7.01. The Morgan fingerprint density at radius 3 is 2.40 bits per heavy atom. The van der Waals surface area contributed by atoms with Gasteiger partial charge in [-0.05, 0) is 31.5 Å². The summed E-state index contributed by atoms with van der Waals surface area (Å²) >= 11 is 3.35. The van der Waals surface area contributed by atoms with E-state index in [2.05, 4.69) is 22.5 Å². The first-order chi connectivity index (χ1) is 7.00. The van der Waals surface area contributed by atoms with Gasteiger partial charge in [-0.2, -0.15) is 0 Å². The molecule has 0 fully saturated rings. The highest BCUT2D eigenvalue weighted by Gasteiger charge is 2.11. The maximum atomic E-state index is 11.3. The van der Waals surface area contributed by atoms with Crippen molar-refractivity contribution < 1.29 is 9.53 Å². The van der Waals surface area contributed by atoms with Gasteiger partial charge >= 0.3 is 5.97 Å². The lowest BCUT2D eigenvalue weighted by Gasteiger charge is -2.13. The number of halogens is 1. The van der Waals surface area contributed by atoms with Gasteiger partial charge in [0.2, 0.25) is 0 Å². The van der Waals surface area contributed by atoms with Gasteiger partial charge in [0.1, 0.15) is 6.10 Å². The second-order valence-corrected chi connectivity index (χ2v) is 4.30. The van der Waals surface area contributed by atoms with Gasteiger partial charge in [-0.15, -0.1) is 0 Å². The molecule has 0 bridgehead atoms. The summed E-state index contributed by atoms with van der Waals surface area (Å²) < 4.78 is 6.19. The fourth-order valence-electron chi connectivity index (χ4n) is 1.06. The summed E-state index contributed by atoms with van der Waals surface area (Å²) in [7, 11) is 0. The monoisotopic (exact) mass is 268 g/mol. The van der Waals surface area contributed by atoms with Gasteiger partial charge in [0.05, 0.1) is 0 Å². The highest BCUT2D eigenvalue weighted by Crippen LogP contribution is 2.20. The van der Waals surface area contributed by atoms with Gasteiger partial charge < -0.3 is 4.74 Å². The van der Waals surface area contributed by atoms with Crippen LogP contribution in [0.3, 0.4) is 0 Å². The van der Waals surface area contributed by atoms with Crippen molar-refractivity contribution in [3.05, 3.63) is 46.5 Å². The van der Waals surface area contributed by atoms with Crippen molar-refractivity contribution >= 4 is 21.9 Å². The highest BCUT2D eigenvalue weighted by molar-refractivity contribution is 9.10. The van der Waals surface area contributed by atoms with Gasteiger partial charge in [-0.3, -0.25) is 0 Å². The molecule has 1 atom stereocenters. The fraction of sp³-hybridized carbons (Fsp3) is 0.250. The number of rotatable bonds is 3. The van der Waals surface area contributed by atoms with E-state index in [1.807, 2.05) is 31.2 Å². The quantitative estimate of drug-likeness (QED) is 0.618. The highest BCUT2D eigenvalue weighted by atomic mass is 79.9. The van der Waals surface area contributed by atoms with Crippen LogP contribution in [-0.4, -0.2) is 5.97 Å². The third-order valence-corrected chi connectivity index (χ3v) is 2.50. The van der Waals surface area contributed by atoms with Crippen molar-refractivity contribution in [3.63, 3.8) is 0 Å². The lowest BCUT2D eigenvalue weighted by atomic mass is 10.1. The number of esters is 1. The van der Waals surface area contributed by atoms with E-state index >= 15 is 0 Å². The van der Waals surface area contributed by atoms with Crippen molar-refractivity contribution in [1.29, 1.82) is 0 Å². The summed E-state index contributed by atoms with van der Waals surface area (Å²) in [6.07, 6.45) is -0.248. The first-order valence-corrected chi connectivity index (χ1v) is 5.42. The molecule has 0 unspecified atom stereocenters. The van der Waals surface area contributed by atoms with Gasteiger partial charge in [0, 0.05) is 10.0 Å². The second-order valence-electron chi connectivity index (χ2n) is 3.38. The van der Waals surface area contributed by atoms with Crippen LogP contribution in [0.5, 0.6) is 0 Å². The number of carbonyl (C=O) groups excluding carboxylic acids is 1. The van der Waals surface area contributed by atoms with Crippen molar-refractivity contribution in [2.75, 3.05) is 0 Å². The molecular formula is C12H13BrO2. The van der Waals surface area contributed by atoms with Crippen molar-refractivity contribution in [2.24, 2.45) is 0 Å². The molecule has 0 aliphatic rings. The summed E-state index contributed by atoms with van der Waals surface area (Å²) in [4.78, 5) is 11.3. The van der Waals surface area contributed by atoms with Gasteiger partial charge in [0.15, 0.2) is 0 Å². The van der Waals surface area contributed by atoms with E-state index in [1.165, 1.54) is 0 Å². The molecule has 0 aliphatic carbocycles. The summed E-state index contributed by atoms with van der Waals surface area (Å²) in [5, 5.41) is 0. The Labute approximate surface area is 98.1 Å². The van der Waals surface area contributed by atoms with E-state index < -0.39 is 0 Å². The molecule has 1 aromatic carbocycles. The number of benzene rings is 1. The molecule has 2 nitrogen and oxygen atoms in total. The minimum absolute atomic E-state index is 0.248. The van der Waals surface area contributed by atoms with Crippen LogP contribution in [0.4, 0.5) is 0 Å². The maximum absolute atomic E-state index is 11.3. The first-order valence-electron chi connectivity index (χ1n) is 4.62.